The second kappa shape index (κ2) is 7.24. The van der Waals surface area contributed by atoms with Crippen LogP contribution < -0.4 is 5.32 Å². The predicted molar refractivity (Wildman–Crippen MR) is 81.7 cm³/mol. The van der Waals surface area contributed by atoms with Gasteiger partial charge in [0.25, 0.3) is 5.91 Å². The maximum absolute atomic E-state index is 12.1. The fourth-order valence-electron chi connectivity index (χ4n) is 1.98. The molecule has 0 unspecified atom stereocenters. The number of pyridine rings is 1. The molecule has 0 saturated heterocycles. The van der Waals surface area contributed by atoms with Crippen LogP contribution in [-0.2, 0) is 0 Å². The van der Waals surface area contributed by atoms with Crippen molar-refractivity contribution in [2.45, 2.75) is 19.3 Å². The first kappa shape index (κ1) is 14.0. The summed E-state index contributed by atoms with van der Waals surface area (Å²) < 4.78 is 0. The van der Waals surface area contributed by atoms with Crippen molar-refractivity contribution < 1.29 is 4.79 Å². The highest BCUT2D eigenvalue weighted by molar-refractivity contribution is 9.09. The van der Waals surface area contributed by atoms with E-state index in [9.17, 15) is 4.79 Å². The summed E-state index contributed by atoms with van der Waals surface area (Å²) in [5, 5.41) is 5.90. The maximum atomic E-state index is 12.1. The highest BCUT2D eigenvalue weighted by Crippen LogP contribution is 2.15. The summed E-state index contributed by atoms with van der Waals surface area (Å²) in [7, 11) is 0. The van der Waals surface area contributed by atoms with Gasteiger partial charge >= 0.3 is 0 Å². The lowest BCUT2D eigenvalue weighted by Gasteiger charge is -2.06. The van der Waals surface area contributed by atoms with Crippen molar-refractivity contribution in [3.05, 3.63) is 42.2 Å². The van der Waals surface area contributed by atoms with Gasteiger partial charge in [-0.3, -0.25) is 9.78 Å². The van der Waals surface area contributed by atoms with Crippen LogP contribution in [0.1, 0.15) is 29.8 Å². The molecule has 0 radical (unpaired) electrons. The lowest BCUT2D eigenvalue weighted by atomic mass is 10.1. The van der Waals surface area contributed by atoms with Gasteiger partial charge in [-0.1, -0.05) is 46.6 Å². The second-order valence-corrected chi connectivity index (χ2v) is 5.18. The molecule has 1 aromatic heterocycles. The van der Waals surface area contributed by atoms with Gasteiger partial charge in [-0.25, -0.2) is 0 Å². The molecule has 1 aromatic carbocycles. The van der Waals surface area contributed by atoms with Gasteiger partial charge in [0.15, 0.2) is 0 Å². The SMILES string of the molecule is O=C(NCCCCCBr)c1nccc2ccccc12. The highest BCUT2D eigenvalue weighted by Gasteiger charge is 2.10. The van der Waals surface area contributed by atoms with Crippen molar-refractivity contribution in [2.75, 3.05) is 11.9 Å². The Labute approximate surface area is 121 Å². The van der Waals surface area contributed by atoms with Crippen LogP contribution in [0.15, 0.2) is 36.5 Å². The minimum Gasteiger partial charge on any atom is -0.351 e. The molecule has 0 atom stereocenters. The molecule has 100 valence electrons. The Kier molecular flexibility index (Phi) is 5.33. The molecule has 0 aliphatic rings. The topological polar surface area (TPSA) is 42.0 Å². The number of amides is 1. The van der Waals surface area contributed by atoms with Gasteiger partial charge in [0.05, 0.1) is 0 Å². The summed E-state index contributed by atoms with van der Waals surface area (Å²) >= 11 is 3.40. The van der Waals surface area contributed by atoms with E-state index >= 15 is 0 Å². The number of hydrogen-bond acceptors (Lipinski definition) is 2. The number of benzene rings is 1. The predicted octanol–water partition coefficient (Wildman–Crippen LogP) is 3.53. The Morgan fingerprint density at radius 1 is 1.16 bits per heavy atom. The molecule has 0 aliphatic carbocycles. The van der Waals surface area contributed by atoms with E-state index in [0.717, 1.165) is 35.4 Å². The number of unbranched alkanes of at least 4 members (excludes halogenated alkanes) is 2. The molecule has 0 fully saturated rings. The van der Waals surface area contributed by atoms with E-state index in [4.69, 9.17) is 0 Å². The van der Waals surface area contributed by atoms with Crippen LogP contribution in [0.5, 0.6) is 0 Å². The molecule has 1 amide bonds. The number of fused-ring (bicyclic) bond motifs is 1. The van der Waals surface area contributed by atoms with E-state index in [0.29, 0.717) is 12.2 Å². The van der Waals surface area contributed by atoms with Gasteiger partial charge in [-0.05, 0) is 24.3 Å². The van der Waals surface area contributed by atoms with E-state index < -0.39 is 0 Å². The third kappa shape index (κ3) is 3.77. The minimum atomic E-state index is -0.0874. The normalized spacial score (nSPS) is 10.6. The third-order valence-electron chi connectivity index (χ3n) is 2.98. The Balaban J connectivity index is 2.01. The zero-order valence-corrected chi connectivity index (χ0v) is 12.3. The number of rotatable bonds is 6. The first-order valence-electron chi connectivity index (χ1n) is 6.51. The van der Waals surface area contributed by atoms with Crippen LogP contribution in [0.3, 0.4) is 0 Å². The van der Waals surface area contributed by atoms with E-state index in [2.05, 4.69) is 26.2 Å². The lowest BCUT2D eigenvalue weighted by molar-refractivity contribution is 0.0950. The molecular formula is C15H17BrN2O. The highest BCUT2D eigenvalue weighted by atomic mass is 79.9. The maximum Gasteiger partial charge on any atom is 0.270 e. The smallest absolute Gasteiger partial charge is 0.270 e. The summed E-state index contributed by atoms with van der Waals surface area (Å²) in [6.45, 7) is 0.705. The fourth-order valence-corrected chi connectivity index (χ4v) is 2.38. The molecule has 3 nitrogen and oxygen atoms in total. The van der Waals surface area contributed by atoms with Crippen molar-refractivity contribution in [2.24, 2.45) is 0 Å². The summed E-state index contributed by atoms with van der Waals surface area (Å²) in [6.07, 6.45) is 4.95. The lowest BCUT2D eigenvalue weighted by Crippen LogP contribution is -2.25. The standard InChI is InChI=1S/C15H17BrN2O/c16-9-4-1-5-10-18-15(19)14-13-7-3-2-6-12(13)8-11-17-14/h2-3,6-8,11H,1,4-5,9-10H2,(H,18,19). The van der Waals surface area contributed by atoms with Crippen LogP contribution in [0.25, 0.3) is 10.8 Å². The Bertz CT molecular complexity index is 551. The molecule has 4 heteroatoms. The average molecular weight is 321 g/mol. The van der Waals surface area contributed by atoms with Crippen molar-refractivity contribution in [1.82, 2.24) is 10.3 Å². The molecule has 0 bridgehead atoms. The number of nitrogens with one attached hydrogen (secondary N) is 1. The number of halogens is 1. The molecule has 1 heterocycles. The van der Waals surface area contributed by atoms with Gasteiger partial charge in [-0.15, -0.1) is 0 Å². The van der Waals surface area contributed by atoms with Crippen LogP contribution in [0.2, 0.25) is 0 Å². The Hall–Kier alpha value is -1.42. The van der Waals surface area contributed by atoms with E-state index in [1.54, 1.807) is 6.20 Å². The van der Waals surface area contributed by atoms with E-state index in [-0.39, 0.29) is 5.91 Å². The van der Waals surface area contributed by atoms with Gasteiger partial charge < -0.3 is 5.32 Å². The number of carbonyl (C=O) groups excluding carboxylic acids is 1. The molecule has 19 heavy (non-hydrogen) atoms. The molecule has 0 aliphatic heterocycles. The first-order chi connectivity index (χ1) is 9.33. The molecule has 1 N–H and O–H groups in total. The molecule has 2 aromatic rings. The fraction of sp³-hybridized carbons (Fsp3) is 0.333. The second-order valence-electron chi connectivity index (χ2n) is 4.39. The van der Waals surface area contributed by atoms with E-state index in [1.165, 1.54) is 0 Å². The summed E-state index contributed by atoms with van der Waals surface area (Å²) in [6, 6.07) is 9.73. The Morgan fingerprint density at radius 2 is 2.00 bits per heavy atom. The number of nitrogens with zero attached hydrogens (tertiary/aromatic N) is 1. The summed E-state index contributed by atoms with van der Waals surface area (Å²) in [5.74, 6) is -0.0874. The monoisotopic (exact) mass is 320 g/mol. The van der Waals surface area contributed by atoms with Crippen LogP contribution >= 0.6 is 15.9 Å². The Morgan fingerprint density at radius 3 is 2.84 bits per heavy atom. The van der Waals surface area contributed by atoms with Crippen molar-refractivity contribution >= 4 is 32.6 Å². The number of hydrogen-bond donors (Lipinski definition) is 1. The van der Waals surface area contributed by atoms with Gasteiger partial charge in [0.1, 0.15) is 5.69 Å². The van der Waals surface area contributed by atoms with E-state index in [1.807, 2.05) is 30.3 Å². The molecule has 2 rings (SSSR count). The molecular weight excluding hydrogens is 304 g/mol. The third-order valence-corrected chi connectivity index (χ3v) is 3.55. The van der Waals surface area contributed by atoms with Gasteiger partial charge in [0, 0.05) is 23.5 Å². The summed E-state index contributed by atoms with van der Waals surface area (Å²) in [5.41, 5.74) is 0.513. The molecule has 0 spiro atoms. The van der Waals surface area contributed by atoms with Gasteiger partial charge in [0.2, 0.25) is 0 Å². The van der Waals surface area contributed by atoms with Crippen LogP contribution in [0.4, 0.5) is 0 Å². The number of aromatic nitrogens is 1. The molecule has 0 saturated carbocycles. The average Bonchev–Trinajstić information content (AvgIpc) is 2.46. The van der Waals surface area contributed by atoms with Crippen LogP contribution in [-0.4, -0.2) is 22.8 Å². The van der Waals surface area contributed by atoms with Gasteiger partial charge in [-0.2, -0.15) is 0 Å². The van der Waals surface area contributed by atoms with Crippen molar-refractivity contribution in [1.29, 1.82) is 0 Å². The number of carbonyl (C=O) groups is 1. The van der Waals surface area contributed by atoms with Crippen molar-refractivity contribution in [3.63, 3.8) is 0 Å². The number of alkyl halides is 1. The largest absolute Gasteiger partial charge is 0.351 e. The quantitative estimate of drug-likeness (QED) is 0.653. The zero-order chi connectivity index (χ0) is 13.5. The minimum absolute atomic E-state index is 0.0874. The summed E-state index contributed by atoms with van der Waals surface area (Å²) in [4.78, 5) is 16.3. The van der Waals surface area contributed by atoms with Crippen LogP contribution in [0, 0.1) is 0 Å². The zero-order valence-electron chi connectivity index (χ0n) is 10.7. The van der Waals surface area contributed by atoms with Crippen molar-refractivity contribution in [3.8, 4) is 0 Å². The first-order valence-corrected chi connectivity index (χ1v) is 7.63.